The van der Waals surface area contributed by atoms with Crippen LogP contribution in [0, 0.1) is 0 Å². The van der Waals surface area contributed by atoms with Gasteiger partial charge in [0, 0.05) is 12.1 Å². The van der Waals surface area contributed by atoms with Gasteiger partial charge in [-0.05, 0) is 30.0 Å². The van der Waals surface area contributed by atoms with Crippen molar-refractivity contribution in [3.63, 3.8) is 0 Å². The lowest BCUT2D eigenvalue weighted by molar-refractivity contribution is 0.111. The van der Waals surface area contributed by atoms with Crippen molar-refractivity contribution >= 4 is 6.29 Å². The Hall–Kier alpha value is -2.03. The van der Waals surface area contributed by atoms with Gasteiger partial charge in [0.1, 0.15) is 11.5 Å². The van der Waals surface area contributed by atoms with Crippen LogP contribution in [0.5, 0.6) is 0 Å². The maximum absolute atomic E-state index is 10.7. The van der Waals surface area contributed by atoms with E-state index in [1.54, 1.807) is 12.3 Å². The fourth-order valence-corrected chi connectivity index (χ4v) is 2.39. The van der Waals surface area contributed by atoms with Crippen LogP contribution in [0.1, 0.15) is 33.4 Å². The van der Waals surface area contributed by atoms with E-state index in [9.17, 15) is 4.79 Å². The number of rotatable bonds is 2. The van der Waals surface area contributed by atoms with Gasteiger partial charge in [0.25, 0.3) is 0 Å². The lowest BCUT2D eigenvalue weighted by Crippen LogP contribution is -2.05. The molecule has 0 aliphatic heterocycles. The Balaban J connectivity index is 1.91. The number of carbonyl (C=O) groups excluding carboxylic acids is 1. The summed E-state index contributed by atoms with van der Waals surface area (Å²) < 4.78 is 0. The first-order valence-corrected chi connectivity index (χ1v) is 5.72. The van der Waals surface area contributed by atoms with E-state index in [0.717, 1.165) is 25.0 Å². The van der Waals surface area contributed by atoms with Gasteiger partial charge in [-0.2, -0.15) is 0 Å². The second kappa shape index (κ2) is 4.09. The second-order valence-electron chi connectivity index (χ2n) is 4.33. The number of aldehydes is 1. The van der Waals surface area contributed by atoms with Crippen molar-refractivity contribution in [1.82, 2.24) is 9.97 Å². The van der Waals surface area contributed by atoms with Crippen molar-refractivity contribution < 1.29 is 4.79 Å². The summed E-state index contributed by atoms with van der Waals surface area (Å²) in [5, 5.41) is 0. The van der Waals surface area contributed by atoms with Gasteiger partial charge >= 0.3 is 0 Å². The SMILES string of the molecule is O=Cc1ccnc(C2Cc3ccccc3C2)n1. The van der Waals surface area contributed by atoms with Gasteiger partial charge in [-0.15, -0.1) is 0 Å². The molecule has 3 nitrogen and oxygen atoms in total. The number of fused-ring (bicyclic) bond motifs is 1. The van der Waals surface area contributed by atoms with Crippen LogP contribution in [0.15, 0.2) is 36.5 Å². The van der Waals surface area contributed by atoms with Crippen LogP contribution in [0.3, 0.4) is 0 Å². The largest absolute Gasteiger partial charge is 0.296 e. The van der Waals surface area contributed by atoms with Crippen molar-refractivity contribution in [2.75, 3.05) is 0 Å². The van der Waals surface area contributed by atoms with Crippen molar-refractivity contribution in [3.8, 4) is 0 Å². The van der Waals surface area contributed by atoms with Gasteiger partial charge in [-0.25, -0.2) is 9.97 Å². The van der Waals surface area contributed by atoms with E-state index in [0.29, 0.717) is 11.6 Å². The number of nitrogens with zero attached hydrogens (tertiary/aromatic N) is 2. The molecule has 0 bridgehead atoms. The van der Waals surface area contributed by atoms with Crippen LogP contribution in [-0.2, 0) is 12.8 Å². The van der Waals surface area contributed by atoms with Crippen LogP contribution in [0.25, 0.3) is 0 Å². The molecule has 17 heavy (non-hydrogen) atoms. The summed E-state index contributed by atoms with van der Waals surface area (Å²) in [5.41, 5.74) is 3.21. The Bertz CT molecular complexity index is 541. The van der Waals surface area contributed by atoms with Gasteiger partial charge in [0.15, 0.2) is 6.29 Å². The summed E-state index contributed by atoms with van der Waals surface area (Å²) in [6.07, 6.45) is 4.37. The second-order valence-corrected chi connectivity index (χ2v) is 4.33. The van der Waals surface area contributed by atoms with E-state index < -0.39 is 0 Å². The molecule has 3 rings (SSSR count). The van der Waals surface area contributed by atoms with Gasteiger partial charge < -0.3 is 0 Å². The van der Waals surface area contributed by atoms with Gasteiger partial charge in [0.05, 0.1) is 0 Å². The highest BCUT2D eigenvalue weighted by atomic mass is 16.1. The number of carbonyl (C=O) groups is 1. The normalized spacial score (nSPS) is 14.6. The van der Waals surface area contributed by atoms with Crippen molar-refractivity contribution in [3.05, 3.63) is 59.2 Å². The molecule has 0 saturated carbocycles. The molecule has 1 heterocycles. The summed E-state index contributed by atoms with van der Waals surface area (Å²) in [6.45, 7) is 0. The average Bonchev–Trinajstić information content (AvgIpc) is 2.82. The number of benzene rings is 1. The summed E-state index contributed by atoms with van der Waals surface area (Å²) in [7, 11) is 0. The molecule has 1 aliphatic carbocycles. The standard InChI is InChI=1S/C14H12N2O/c17-9-13-5-6-15-14(16-13)12-7-10-3-1-2-4-11(10)8-12/h1-6,9,12H,7-8H2. The van der Waals surface area contributed by atoms with E-state index in [2.05, 4.69) is 34.2 Å². The molecule has 84 valence electrons. The maximum atomic E-state index is 10.7. The molecule has 0 saturated heterocycles. The summed E-state index contributed by atoms with van der Waals surface area (Å²) in [5.74, 6) is 1.10. The highest BCUT2D eigenvalue weighted by Crippen LogP contribution is 2.31. The van der Waals surface area contributed by atoms with Crippen molar-refractivity contribution in [1.29, 1.82) is 0 Å². The molecule has 0 atom stereocenters. The third-order valence-corrected chi connectivity index (χ3v) is 3.23. The van der Waals surface area contributed by atoms with E-state index in [1.807, 2.05) is 0 Å². The Labute approximate surface area is 99.5 Å². The molecule has 1 aromatic heterocycles. The molecule has 0 radical (unpaired) electrons. The molecule has 3 heteroatoms. The summed E-state index contributed by atoms with van der Waals surface area (Å²) in [6, 6.07) is 10.1. The molecule has 1 aromatic carbocycles. The topological polar surface area (TPSA) is 42.9 Å². The van der Waals surface area contributed by atoms with Crippen molar-refractivity contribution in [2.45, 2.75) is 18.8 Å². The maximum Gasteiger partial charge on any atom is 0.168 e. The predicted molar refractivity (Wildman–Crippen MR) is 64.0 cm³/mol. The van der Waals surface area contributed by atoms with Crippen LogP contribution < -0.4 is 0 Å². The van der Waals surface area contributed by atoms with Crippen LogP contribution in [0.2, 0.25) is 0 Å². The smallest absolute Gasteiger partial charge is 0.168 e. The quantitative estimate of drug-likeness (QED) is 0.734. The first kappa shape index (κ1) is 10.1. The Kier molecular flexibility index (Phi) is 2.44. The highest BCUT2D eigenvalue weighted by molar-refractivity contribution is 5.71. The fraction of sp³-hybridized carbons (Fsp3) is 0.214. The lowest BCUT2D eigenvalue weighted by atomic mass is 10.1. The number of aromatic nitrogens is 2. The predicted octanol–water partition coefficient (Wildman–Crippen LogP) is 2.17. The van der Waals surface area contributed by atoms with E-state index in [4.69, 9.17) is 0 Å². The van der Waals surface area contributed by atoms with E-state index in [-0.39, 0.29) is 0 Å². The minimum absolute atomic E-state index is 0.312. The van der Waals surface area contributed by atoms with E-state index in [1.165, 1.54) is 11.1 Å². The zero-order valence-corrected chi connectivity index (χ0v) is 9.34. The molecule has 0 unspecified atom stereocenters. The van der Waals surface area contributed by atoms with Crippen LogP contribution in [-0.4, -0.2) is 16.3 Å². The Morgan fingerprint density at radius 2 is 1.82 bits per heavy atom. The zero-order valence-electron chi connectivity index (χ0n) is 9.34. The average molecular weight is 224 g/mol. The molecule has 0 spiro atoms. The lowest BCUT2D eigenvalue weighted by Gasteiger charge is -2.06. The molecular formula is C14H12N2O. The number of hydrogen-bond donors (Lipinski definition) is 0. The summed E-state index contributed by atoms with van der Waals surface area (Å²) >= 11 is 0. The molecule has 0 fully saturated rings. The first-order valence-electron chi connectivity index (χ1n) is 5.72. The third kappa shape index (κ3) is 1.84. The van der Waals surface area contributed by atoms with Crippen molar-refractivity contribution in [2.24, 2.45) is 0 Å². The monoisotopic (exact) mass is 224 g/mol. The first-order chi connectivity index (χ1) is 8.36. The molecule has 1 aliphatic rings. The van der Waals surface area contributed by atoms with Crippen LogP contribution in [0.4, 0.5) is 0 Å². The fourth-order valence-electron chi connectivity index (χ4n) is 2.39. The van der Waals surface area contributed by atoms with Gasteiger partial charge in [0.2, 0.25) is 0 Å². The summed E-state index contributed by atoms with van der Waals surface area (Å²) in [4.78, 5) is 19.3. The minimum Gasteiger partial charge on any atom is -0.296 e. The van der Waals surface area contributed by atoms with Gasteiger partial charge in [-0.1, -0.05) is 24.3 Å². The molecular weight excluding hydrogens is 212 g/mol. The van der Waals surface area contributed by atoms with Gasteiger partial charge in [-0.3, -0.25) is 4.79 Å². The molecule has 0 amide bonds. The van der Waals surface area contributed by atoms with Crippen LogP contribution >= 0.6 is 0 Å². The minimum atomic E-state index is 0.312. The third-order valence-electron chi connectivity index (χ3n) is 3.23. The molecule has 2 aromatic rings. The zero-order chi connectivity index (χ0) is 11.7. The Morgan fingerprint density at radius 1 is 1.12 bits per heavy atom. The number of hydrogen-bond acceptors (Lipinski definition) is 3. The Morgan fingerprint density at radius 3 is 2.47 bits per heavy atom. The highest BCUT2D eigenvalue weighted by Gasteiger charge is 2.24. The molecule has 0 N–H and O–H groups in total. The van der Waals surface area contributed by atoms with E-state index >= 15 is 0 Å².